The Bertz CT molecular complexity index is 448. The van der Waals surface area contributed by atoms with E-state index in [2.05, 4.69) is 0 Å². The summed E-state index contributed by atoms with van der Waals surface area (Å²) in [6.07, 6.45) is 0. The van der Waals surface area contributed by atoms with Crippen molar-refractivity contribution in [2.45, 2.75) is 13.5 Å². The first kappa shape index (κ1) is 12.0. The molecule has 1 rings (SSSR count). The minimum absolute atomic E-state index is 0.0112. The van der Waals surface area contributed by atoms with Crippen LogP contribution in [0.5, 0.6) is 5.75 Å². The van der Waals surface area contributed by atoms with Crippen LogP contribution in [0.1, 0.15) is 28.4 Å². The maximum atomic E-state index is 11.4. The lowest BCUT2D eigenvalue weighted by Crippen LogP contribution is -2.08. The third-order valence-corrected chi connectivity index (χ3v) is 2.06. The number of aliphatic hydroxyl groups is 1. The molecule has 0 atom stereocenters. The van der Waals surface area contributed by atoms with Gasteiger partial charge in [-0.15, -0.1) is 0 Å². The molecule has 0 heterocycles. The molecule has 1 aromatic rings. The Morgan fingerprint density at radius 2 is 2.25 bits per heavy atom. The molecule has 1 aromatic carbocycles. The van der Waals surface area contributed by atoms with E-state index in [0.29, 0.717) is 0 Å². The Morgan fingerprint density at radius 1 is 1.56 bits per heavy atom. The van der Waals surface area contributed by atoms with Crippen LogP contribution in [-0.4, -0.2) is 22.8 Å². The second-order valence-corrected chi connectivity index (χ2v) is 2.98. The molecule has 0 bridgehead atoms. The normalized spacial score (nSPS) is 9.56. The zero-order chi connectivity index (χ0) is 12.1. The number of phenols is 1. The fourth-order valence-electron chi connectivity index (χ4n) is 1.29. The summed E-state index contributed by atoms with van der Waals surface area (Å²) in [4.78, 5) is 11.4. The standard InChI is InChI=1S/C11H11NO4/c1-2-16-11(15)8-4-3-7(5-12)10(14)9(8)6-13/h3-4,13-14H,2,6H2,1H3. The smallest absolute Gasteiger partial charge is 0.338 e. The first-order chi connectivity index (χ1) is 7.65. The summed E-state index contributed by atoms with van der Waals surface area (Å²) in [5, 5.41) is 27.3. The van der Waals surface area contributed by atoms with Crippen molar-refractivity contribution < 1.29 is 19.7 Å². The number of nitriles is 1. The van der Waals surface area contributed by atoms with Gasteiger partial charge in [-0.1, -0.05) is 0 Å². The molecular formula is C11H11NO4. The van der Waals surface area contributed by atoms with E-state index in [4.69, 9.17) is 15.1 Å². The molecule has 0 saturated carbocycles. The second kappa shape index (κ2) is 5.14. The van der Waals surface area contributed by atoms with Crippen LogP contribution in [0.2, 0.25) is 0 Å². The molecule has 5 heteroatoms. The highest BCUT2D eigenvalue weighted by Crippen LogP contribution is 2.26. The molecule has 0 aliphatic rings. The molecule has 0 radical (unpaired) electrons. The molecule has 0 aromatic heterocycles. The summed E-state index contributed by atoms with van der Waals surface area (Å²) in [6, 6.07) is 4.41. The van der Waals surface area contributed by atoms with Crippen LogP contribution >= 0.6 is 0 Å². The van der Waals surface area contributed by atoms with E-state index in [9.17, 15) is 9.90 Å². The minimum Gasteiger partial charge on any atom is -0.506 e. The lowest BCUT2D eigenvalue weighted by atomic mass is 10.0. The maximum absolute atomic E-state index is 11.4. The monoisotopic (exact) mass is 221 g/mol. The van der Waals surface area contributed by atoms with Gasteiger partial charge >= 0.3 is 5.97 Å². The van der Waals surface area contributed by atoms with Crippen molar-refractivity contribution in [3.8, 4) is 11.8 Å². The van der Waals surface area contributed by atoms with Crippen molar-refractivity contribution >= 4 is 5.97 Å². The zero-order valence-corrected chi connectivity index (χ0v) is 8.73. The predicted molar refractivity (Wildman–Crippen MR) is 54.7 cm³/mol. The molecule has 0 aliphatic heterocycles. The molecule has 0 saturated heterocycles. The lowest BCUT2D eigenvalue weighted by molar-refractivity contribution is 0.0522. The van der Waals surface area contributed by atoms with Gasteiger partial charge in [-0.25, -0.2) is 4.79 Å². The molecule has 0 aliphatic carbocycles. The molecule has 0 unspecified atom stereocenters. The molecule has 0 fully saturated rings. The maximum Gasteiger partial charge on any atom is 0.338 e. The van der Waals surface area contributed by atoms with E-state index in [0.717, 1.165) is 0 Å². The molecule has 84 valence electrons. The van der Waals surface area contributed by atoms with Gasteiger partial charge < -0.3 is 14.9 Å². The van der Waals surface area contributed by atoms with E-state index in [-0.39, 0.29) is 29.0 Å². The Balaban J connectivity index is 3.27. The van der Waals surface area contributed by atoms with Gasteiger partial charge in [0.2, 0.25) is 0 Å². The van der Waals surface area contributed by atoms with Crippen molar-refractivity contribution in [3.63, 3.8) is 0 Å². The molecule has 0 spiro atoms. The van der Waals surface area contributed by atoms with Gasteiger partial charge in [0.1, 0.15) is 11.8 Å². The van der Waals surface area contributed by atoms with E-state index in [1.165, 1.54) is 12.1 Å². The van der Waals surface area contributed by atoms with Gasteiger partial charge in [-0.3, -0.25) is 0 Å². The number of carbonyl (C=O) groups excluding carboxylic acids is 1. The van der Waals surface area contributed by atoms with Crippen LogP contribution < -0.4 is 0 Å². The van der Waals surface area contributed by atoms with Crippen LogP contribution in [0.15, 0.2) is 12.1 Å². The summed E-state index contributed by atoms with van der Waals surface area (Å²) >= 11 is 0. The molecule has 5 nitrogen and oxygen atoms in total. The number of aliphatic hydroxyl groups excluding tert-OH is 1. The SMILES string of the molecule is CCOC(=O)c1ccc(C#N)c(O)c1CO. The van der Waals surface area contributed by atoms with Gasteiger partial charge in [0.25, 0.3) is 0 Å². The van der Waals surface area contributed by atoms with E-state index < -0.39 is 12.6 Å². The third kappa shape index (κ3) is 2.12. The van der Waals surface area contributed by atoms with Crippen molar-refractivity contribution in [2.24, 2.45) is 0 Å². The van der Waals surface area contributed by atoms with Crippen molar-refractivity contribution in [1.82, 2.24) is 0 Å². The fourth-order valence-corrected chi connectivity index (χ4v) is 1.29. The van der Waals surface area contributed by atoms with Gasteiger partial charge in [0, 0.05) is 5.56 Å². The molecule has 2 N–H and O–H groups in total. The Labute approximate surface area is 92.5 Å². The van der Waals surface area contributed by atoms with Gasteiger partial charge in [-0.05, 0) is 19.1 Å². The number of esters is 1. The van der Waals surface area contributed by atoms with Crippen molar-refractivity contribution in [3.05, 3.63) is 28.8 Å². The highest BCUT2D eigenvalue weighted by molar-refractivity contribution is 5.92. The number of aromatic hydroxyl groups is 1. The summed E-state index contributed by atoms with van der Waals surface area (Å²) < 4.78 is 4.75. The van der Waals surface area contributed by atoms with Crippen LogP contribution in [0, 0.1) is 11.3 Å². The Kier molecular flexibility index (Phi) is 3.86. The van der Waals surface area contributed by atoms with Gasteiger partial charge in [-0.2, -0.15) is 5.26 Å². The molecule has 0 amide bonds. The van der Waals surface area contributed by atoms with Crippen molar-refractivity contribution in [1.29, 1.82) is 5.26 Å². The number of hydrogen-bond acceptors (Lipinski definition) is 5. The largest absolute Gasteiger partial charge is 0.506 e. The number of benzene rings is 1. The first-order valence-electron chi connectivity index (χ1n) is 4.68. The lowest BCUT2D eigenvalue weighted by Gasteiger charge is -2.09. The van der Waals surface area contributed by atoms with Crippen molar-refractivity contribution in [2.75, 3.05) is 6.61 Å². The van der Waals surface area contributed by atoms with Gasteiger partial charge in [0.15, 0.2) is 0 Å². The topological polar surface area (TPSA) is 90.6 Å². The van der Waals surface area contributed by atoms with E-state index >= 15 is 0 Å². The summed E-state index contributed by atoms with van der Waals surface area (Å²) in [5.41, 5.74) is 0.0930. The fraction of sp³-hybridized carbons (Fsp3) is 0.273. The van der Waals surface area contributed by atoms with Crippen LogP contribution in [0.4, 0.5) is 0 Å². The quantitative estimate of drug-likeness (QED) is 0.741. The van der Waals surface area contributed by atoms with E-state index in [1.54, 1.807) is 13.0 Å². The zero-order valence-electron chi connectivity index (χ0n) is 8.73. The summed E-state index contributed by atoms with van der Waals surface area (Å²) in [5.74, 6) is -1.01. The molecular weight excluding hydrogens is 210 g/mol. The second-order valence-electron chi connectivity index (χ2n) is 2.98. The Morgan fingerprint density at radius 3 is 2.75 bits per heavy atom. The van der Waals surface area contributed by atoms with Crippen LogP contribution in [0.3, 0.4) is 0 Å². The highest BCUT2D eigenvalue weighted by atomic mass is 16.5. The number of rotatable bonds is 3. The highest BCUT2D eigenvalue weighted by Gasteiger charge is 2.17. The number of carbonyl (C=O) groups is 1. The number of hydrogen-bond donors (Lipinski definition) is 2. The predicted octanol–water partition coefficient (Wildman–Crippen LogP) is 0.933. The average molecular weight is 221 g/mol. The average Bonchev–Trinajstić information content (AvgIpc) is 2.28. The molecule has 16 heavy (non-hydrogen) atoms. The minimum atomic E-state index is -0.633. The first-order valence-corrected chi connectivity index (χ1v) is 4.68. The summed E-state index contributed by atoms with van der Waals surface area (Å²) in [6.45, 7) is 1.32. The van der Waals surface area contributed by atoms with Crippen LogP contribution in [-0.2, 0) is 11.3 Å². The van der Waals surface area contributed by atoms with E-state index in [1.807, 2.05) is 0 Å². The number of ether oxygens (including phenoxy) is 1. The van der Waals surface area contributed by atoms with Gasteiger partial charge in [0.05, 0.1) is 24.3 Å². The summed E-state index contributed by atoms with van der Waals surface area (Å²) in [7, 11) is 0. The van der Waals surface area contributed by atoms with Crippen LogP contribution in [0.25, 0.3) is 0 Å². The number of nitrogens with zero attached hydrogens (tertiary/aromatic N) is 1. The third-order valence-electron chi connectivity index (χ3n) is 2.06. The Hall–Kier alpha value is -2.06.